The summed E-state index contributed by atoms with van der Waals surface area (Å²) in [5, 5.41) is 2.65. The van der Waals surface area contributed by atoms with Crippen LogP contribution in [0.4, 0.5) is 0 Å². The summed E-state index contributed by atoms with van der Waals surface area (Å²) in [5.74, 6) is -0.380. The standard InChI is InChI=1S/C9H14N2O2.C3H6O2/c1-3-8(12)10-7(2)11-6-4-5-9(11)13;1-3(4)5-2/h3,7H,1,4-6H2,2H3,(H,10,12);1-2H3. The van der Waals surface area contributed by atoms with Crippen LogP contribution in [0.15, 0.2) is 12.7 Å². The molecule has 1 unspecified atom stereocenters. The summed E-state index contributed by atoms with van der Waals surface area (Å²) in [7, 11) is 1.35. The number of nitrogens with one attached hydrogen (secondary N) is 1. The Labute approximate surface area is 107 Å². The number of ether oxygens (including phenoxy) is 1. The van der Waals surface area contributed by atoms with Gasteiger partial charge in [0.25, 0.3) is 0 Å². The number of carbonyl (C=O) groups is 3. The zero-order valence-electron chi connectivity index (χ0n) is 11.1. The average Bonchev–Trinajstić information content (AvgIpc) is 2.76. The van der Waals surface area contributed by atoms with Crippen molar-refractivity contribution in [1.82, 2.24) is 10.2 Å². The highest BCUT2D eigenvalue weighted by Crippen LogP contribution is 2.11. The molecule has 1 N–H and O–H groups in total. The second-order valence-electron chi connectivity index (χ2n) is 3.78. The predicted octanol–water partition coefficient (Wildman–Crippen LogP) is 0.436. The molecule has 1 rings (SSSR count). The molecule has 102 valence electrons. The number of methoxy groups -OCH3 is 1. The van der Waals surface area contributed by atoms with Crippen molar-refractivity contribution in [3.63, 3.8) is 0 Å². The Morgan fingerprint density at radius 2 is 2.11 bits per heavy atom. The van der Waals surface area contributed by atoms with E-state index < -0.39 is 0 Å². The lowest BCUT2D eigenvalue weighted by Crippen LogP contribution is -2.46. The average molecular weight is 256 g/mol. The minimum absolute atomic E-state index is 0.108. The van der Waals surface area contributed by atoms with Gasteiger partial charge in [-0.05, 0) is 19.4 Å². The molecule has 6 heteroatoms. The number of nitrogens with zero attached hydrogens (tertiary/aromatic N) is 1. The first-order chi connectivity index (χ1) is 8.42. The molecule has 1 heterocycles. The van der Waals surface area contributed by atoms with Gasteiger partial charge in [-0.1, -0.05) is 6.58 Å². The van der Waals surface area contributed by atoms with Crippen molar-refractivity contribution in [2.75, 3.05) is 13.7 Å². The highest BCUT2D eigenvalue weighted by atomic mass is 16.5. The maximum atomic E-state index is 11.2. The maximum absolute atomic E-state index is 11.2. The summed E-state index contributed by atoms with van der Waals surface area (Å²) in [5.41, 5.74) is 0. The van der Waals surface area contributed by atoms with E-state index in [1.165, 1.54) is 20.1 Å². The number of esters is 1. The molecule has 0 aromatic rings. The Hall–Kier alpha value is -1.85. The lowest BCUT2D eigenvalue weighted by atomic mass is 10.4. The number of rotatable bonds is 3. The van der Waals surface area contributed by atoms with Crippen LogP contribution in [-0.2, 0) is 19.1 Å². The van der Waals surface area contributed by atoms with E-state index in [0.717, 1.165) is 13.0 Å². The molecule has 1 fully saturated rings. The zero-order valence-corrected chi connectivity index (χ0v) is 11.1. The molecule has 0 spiro atoms. The smallest absolute Gasteiger partial charge is 0.302 e. The second kappa shape index (κ2) is 8.27. The third-order valence-electron chi connectivity index (χ3n) is 2.40. The van der Waals surface area contributed by atoms with Gasteiger partial charge in [-0.15, -0.1) is 0 Å². The zero-order chi connectivity index (χ0) is 14.1. The Kier molecular flexibility index (Phi) is 7.42. The van der Waals surface area contributed by atoms with Crippen LogP contribution < -0.4 is 5.32 Å². The van der Waals surface area contributed by atoms with E-state index in [9.17, 15) is 14.4 Å². The number of carbonyl (C=O) groups excluding carboxylic acids is 3. The van der Waals surface area contributed by atoms with Crippen LogP contribution in [0.1, 0.15) is 26.7 Å². The van der Waals surface area contributed by atoms with Gasteiger partial charge in [-0.2, -0.15) is 0 Å². The molecule has 0 radical (unpaired) electrons. The molecule has 6 nitrogen and oxygen atoms in total. The lowest BCUT2D eigenvalue weighted by molar-refractivity contribution is -0.138. The van der Waals surface area contributed by atoms with E-state index in [1.807, 2.05) is 0 Å². The molecule has 18 heavy (non-hydrogen) atoms. The van der Waals surface area contributed by atoms with Gasteiger partial charge >= 0.3 is 5.97 Å². The second-order valence-corrected chi connectivity index (χ2v) is 3.78. The molecule has 0 saturated carbocycles. The molecule has 2 amide bonds. The topological polar surface area (TPSA) is 75.7 Å². The SMILES string of the molecule is C=CC(=O)NC(C)N1CCCC1=O.COC(C)=O. The number of hydrogen-bond acceptors (Lipinski definition) is 4. The van der Waals surface area contributed by atoms with Crippen molar-refractivity contribution in [3.05, 3.63) is 12.7 Å². The molecular formula is C12H20N2O4. The van der Waals surface area contributed by atoms with Gasteiger partial charge in [0.05, 0.1) is 7.11 Å². The third kappa shape index (κ3) is 6.03. The first-order valence-corrected chi connectivity index (χ1v) is 5.69. The summed E-state index contributed by atoms with van der Waals surface area (Å²) < 4.78 is 4.11. The van der Waals surface area contributed by atoms with Gasteiger partial charge in [-0.3, -0.25) is 14.4 Å². The Bertz CT molecular complexity index is 328. The Morgan fingerprint density at radius 1 is 1.56 bits per heavy atom. The van der Waals surface area contributed by atoms with Crippen molar-refractivity contribution in [2.24, 2.45) is 0 Å². The molecule has 0 aromatic heterocycles. The summed E-state index contributed by atoms with van der Waals surface area (Å²) in [4.78, 5) is 33.4. The quantitative estimate of drug-likeness (QED) is 0.587. The van der Waals surface area contributed by atoms with E-state index in [-0.39, 0.29) is 23.9 Å². The predicted molar refractivity (Wildman–Crippen MR) is 66.4 cm³/mol. The van der Waals surface area contributed by atoms with Crippen LogP contribution in [0, 0.1) is 0 Å². The number of amides is 2. The molecule has 1 aliphatic heterocycles. The maximum Gasteiger partial charge on any atom is 0.302 e. The van der Waals surface area contributed by atoms with Crippen LogP contribution in [0.5, 0.6) is 0 Å². The third-order valence-corrected chi connectivity index (χ3v) is 2.40. The van der Waals surface area contributed by atoms with E-state index >= 15 is 0 Å². The van der Waals surface area contributed by atoms with Gasteiger partial charge < -0.3 is 15.0 Å². The van der Waals surface area contributed by atoms with E-state index in [1.54, 1.807) is 11.8 Å². The molecule has 1 atom stereocenters. The minimum Gasteiger partial charge on any atom is -0.469 e. The van der Waals surface area contributed by atoms with Crippen molar-refractivity contribution >= 4 is 17.8 Å². The molecule has 0 aromatic carbocycles. The van der Waals surface area contributed by atoms with Gasteiger partial charge in [0.15, 0.2) is 0 Å². The lowest BCUT2D eigenvalue weighted by Gasteiger charge is -2.24. The van der Waals surface area contributed by atoms with Gasteiger partial charge in [0.2, 0.25) is 11.8 Å². The van der Waals surface area contributed by atoms with Crippen molar-refractivity contribution < 1.29 is 19.1 Å². The van der Waals surface area contributed by atoms with Crippen LogP contribution in [0.25, 0.3) is 0 Å². The Balaban J connectivity index is 0.000000494. The molecule has 1 saturated heterocycles. The van der Waals surface area contributed by atoms with E-state index in [2.05, 4.69) is 16.6 Å². The fraction of sp³-hybridized carbons (Fsp3) is 0.583. The van der Waals surface area contributed by atoms with E-state index in [0.29, 0.717) is 6.42 Å². The summed E-state index contributed by atoms with van der Waals surface area (Å²) in [6, 6.07) is 0. The fourth-order valence-electron chi connectivity index (χ4n) is 1.42. The highest BCUT2D eigenvalue weighted by molar-refractivity contribution is 5.87. The number of likely N-dealkylation sites (tertiary alicyclic amines) is 1. The first-order valence-electron chi connectivity index (χ1n) is 5.69. The molecular weight excluding hydrogens is 236 g/mol. The molecule has 1 aliphatic rings. The van der Waals surface area contributed by atoms with Crippen LogP contribution >= 0.6 is 0 Å². The monoisotopic (exact) mass is 256 g/mol. The fourth-order valence-corrected chi connectivity index (χ4v) is 1.42. The highest BCUT2D eigenvalue weighted by Gasteiger charge is 2.25. The van der Waals surface area contributed by atoms with Crippen molar-refractivity contribution in [1.29, 1.82) is 0 Å². The van der Waals surface area contributed by atoms with Crippen LogP contribution in [0.3, 0.4) is 0 Å². The normalized spacial score (nSPS) is 15.3. The summed E-state index contributed by atoms with van der Waals surface area (Å²) in [6.07, 6.45) is 2.46. The van der Waals surface area contributed by atoms with Crippen molar-refractivity contribution in [2.45, 2.75) is 32.9 Å². The number of hydrogen-bond donors (Lipinski definition) is 1. The van der Waals surface area contributed by atoms with Gasteiger partial charge in [0.1, 0.15) is 6.17 Å². The summed E-state index contributed by atoms with van der Waals surface area (Å²) in [6.45, 7) is 7.23. The molecule has 0 bridgehead atoms. The molecule has 0 aliphatic carbocycles. The van der Waals surface area contributed by atoms with E-state index in [4.69, 9.17) is 0 Å². The van der Waals surface area contributed by atoms with Crippen LogP contribution in [0.2, 0.25) is 0 Å². The van der Waals surface area contributed by atoms with Crippen LogP contribution in [-0.4, -0.2) is 42.5 Å². The Morgan fingerprint density at radius 3 is 2.44 bits per heavy atom. The van der Waals surface area contributed by atoms with Gasteiger partial charge in [0, 0.05) is 19.9 Å². The largest absolute Gasteiger partial charge is 0.469 e. The summed E-state index contributed by atoms with van der Waals surface area (Å²) >= 11 is 0. The van der Waals surface area contributed by atoms with Gasteiger partial charge in [-0.25, -0.2) is 0 Å². The first kappa shape index (κ1) is 16.1. The van der Waals surface area contributed by atoms with Crippen molar-refractivity contribution in [3.8, 4) is 0 Å². The minimum atomic E-state index is -0.245.